The number of nitrogens with two attached hydrogens (primary N) is 1. The van der Waals surface area contributed by atoms with E-state index in [1.54, 1.807) is 11.3 Å². The Kier molecular flexibility index (Phi) is 4.87. The second kappa shape index (κ2) is 6.41. The highest BCUT2D eigenvalue weighted by atomic mass is 32.2. The molecule has 0 amide bonds. The average molecular weight is 277 g/mol. The SMILES string of the molecule is CCC(N)C(Sc1cccs1)c1cccc(C)c1. The van der Waals surface area contributed by atoms with E-state index in [2.05, 4.69) is 55.6 Å². The maximum Gasteiger partial charge on any atom is 0.0605 e. The third-order valence-corrected chi connectivity index (χ3v) is 5.45. The van der Waals surface area contributed by atoms with Gasteiger partial charge in [0.25, 0.3) is 0 Å². The number of aryl methyl sites for hydroxylation is 1. The van der Waals surface area contributed by atoms with Crippen LogP contribution >= 0.6 is 23.1 Å². The smallest absolute Gasteiger partial charge is 0.0605 e. The number of benzene rings is 1. The summed E-state index contributed by atoms with van der Waals surface area (Å²) in [5.41, 5.74) is 8.93. The molecule has 1 aromatic carbocycles. The van der Waals surface area contributed by atoms with Gasteiger partial charge in [-0.25, -0.2) is 0 Å². The van der Waals surface area contributed by atoms with E-state index in [0.29, 0.717) is 5.25 Å². The van der Waals surface area contributed by atoms with Crippen LogP contribution in [0.2, 0.25) is 0 Å². The normalized spacial score (nSPS) is 14.4. The van der Waals surface area contributed by atoms with Crippen molar-refractivity contribution in [2.24, 2.45) is 5.73 Å². The number of hydrogen-bond donors (Lipinski definition) is 1. The van der Waals surface area contributed by atoms with Gasteiger partial charge in [0.05, 0.1) is 9.46 Å². The zero-order valence-electron chi connectivity index (χ0n) is 10.8. The van der Waals surface area contributed by atoms with Crippen LogP contribution in [0, 0.1) is 6.92 Å². The van der Waals surface area contributed by atoms with Crippen molar-refractivity contribution in [3.63, 3.8) is 0 Å². The first-order chi connectivity index (χ1) is 8.70. The van der Waals surface area contributed by atoms with E-state index in [-0.39, 0.29) is 6.04 Å². The number of rotatable bonds is 5. The van der Waals surface area contributed by atoms with E-state index in [9.17, 15) is 0 Å². The molecule has 2 atom stereocenters. The van der Waals surface area contributed by atoms with Crippen LogP contribution in [0.5, 0.6) is 0 Å². The second-order valence-electron chi connectivity index (χ2n) is 4.46. The van der Waals surface area contributed by atoms with Crippen molar-refractivity contribution in [1.82, 2.24) is 0 Å². The molecule has 1 nitrogen and oxygen atoms in total. The lowest BCUT2D eigenvalue weighted by atomic mass is 10.0. The van der Waals surface area contributed by atoms with E-state index in [1.165, 1.54) is 15.3 Å². The van der Waals surface area contributed by atoms with Gasteiger partial charge in [0.2, 0.25) is 0 Å². The molecule has 0 aliphatic carbocycles. The summed E-state index contributed by atoms with van der Waals surface area (Å²) < 4.78 is 1.34. The molecule has 2 N–H and O–H groups in total. The lowest BCUT2D eigenvalue weighted by Gasteiger charge is -2.22. The van der Waals surface area contributed by atoms with Gasteiger partial charge in [-0.2, -0.15) is 0 Å². The summed E-state index contributed by atoms with van der Waals surface area (Å²) >= 11 is 3.67. The number of thiophene rings is 1. The second-order valence-corrected chi connectivity index (χ2v) is 6.85. The lowest BCUT2D eigenvalue weighted by Crippen LogP contribution is -2.25. The van der Waals surface area contributed by atoms with Crippen molar-refractivity contribution < 1.29 is 0 Å². The van der Waals surface area contributed by atoms with E-state index in [1.807, 2.05) is 11.8 Å². The van der Waals surface area contributed by atoms with Crippen molar-refractivity contribution in [3.05, 3.63) is 52.9 Å². The van der Waals surface area contributed by atoms with Crippen molar-refractivity contribution in [3.8, 4) is 0 Å². The van der Waals surface area contributed by atoms with Gasteiger partial charge in [-0.05, 0) is 30.4 Å². The molecule has 0 saturated carbocycles. The fraction of sp³-hybridized carbons (Fsp3) is 0.333. The Morgan fingerprint density at radius 2 is 2.11 bits per heavy atom. The molecule has 0 aliphatic heterocycles. The minimum absolute atomic E-state index is 0.193. The molecule has 0 radical (unpaired) electrons. The van der Waals surface area contributed by atoms with Crippen molar-refractivity contribution >= 4 is 23.1 Å². The van der Waals surface area contributed by atoms with Gasteiger partial charge >= 0.3 is 0 Å². The third kappa shape index (κ3) is 3.37. The maximum absolute atomic E-state index is 6.30. The van der Waals surface area contributed by atoms with Crippen LogP contribution in [0.4, 0.5) is 0 Å². The molecule has 18 heavy (non-hydrogen) atoms. The van der Waals surface area contributed by atoms with Gasteiger partial charge in [-0.3, -0.25) is 0 Å². The quantitative estimate of drug-likeness (QED) is 0.807. The Morgan fingerprint density at radius 3 is 2.72 bits per heavy atom. The summed E-state index contributed by atoms with van der Waals surface area (Å²) in [6, 6.07) is 13.1. The molecule has 0 saturated heterocycles. The Hall–Kier alpha value is -0.770. The predicted octanol–water partition coefficient (Wildman–Crippen LogP) is 4.63. The summed E-state index contributed by atoms with van der Waals surface area (Å²) in [4.78, 5) is 0. The van der Waals surface area contributed by atoms with Crippen LogP contribution in [-0.4, -0.2) is 6.04 Å². The van der Waals surface area contributed by atoms with E-state index >= 15 is 0 Å². The largest absolute Gasteiger partial charge is 0.326 e. The van der Waals surface area contributed by atoms with Crippen molar-refractivity contribution in [2.75, 3.05) is 0 Å². The minimum Gasteiger partial charge on any atom is -0.326 e. The van der Waals surface area contributed by atoms with Crippen LogP contribution in [-0.2, 0) is 0 Å². The fourth-order valence-corrected chi connectivity index (χ4v) is 4.13. The Bertz CT molecular complexity index is 479. The highest BCUT2D eigenvalue weighted by Crippen LogP contribution is 2.40. The van der Waals surface area contributed by atoms with Crippen molar-refractivity contribution in [1.29, 1.82) is 0 Å². The monoisotopic (exact) mass is 277 g/mol. The molecule has 96 valence electrons. The predicted molar refractivity (Wildman–Crippen MR) is 82.4 cm³/mol. The van der Waals surface area contributed by atoms with Gasteiger partial charge in [0.15, 0.2) is 0 Å². The zero-order chi connectivity index (χ0) is 13.0. The first-order valence-corrected chi connectivity index (χ1v) is 7.99. The third-order valence-electron chi connectivity index (χ3n) is 2.97. The van der Waals surface area contributed by atoms with Gasteiger partial charge in [0, 0.05) is 6.04 Å². The summed E-state index contributed by atoms with van der Waals surface area (Å²) in [6.07, 6.45) is 0.997. The summed E-state index contributed by atoms with van der Waals surface area (Å²) in [5.74, 6) is 0. The molecule has 1 aromatic heterocycles. The molecule has 1 heterocycles. The van der Waals surface area contributed by atoms with Crippen LogP contribution < -0.4 is 5.73 Å². The molecule has 2 rings (SSSR count). The average Bonchev–Trinajstić information content (AvgIpc) is 2.88. The van der Waals surface area contributed by atoms with Gasteiger partial charge in [-0.1, -0.05) is 42.8 Å². The summed E-state index contributed by atoms with van der Waals surface area (Å²) in [6.45, 7) is 4.29. The van der Waals surface area contributed by atoms with E-state index in [4.69, 9.17) is 5.73 Å². The van der Waals surface area contributed by atoms with Crippen molar-refractivity contribution in [2.45, 2.75) is 35.8 Å². The molecule has 3 heteroatoms. The molecular formula is C15H19NS2. The summed E-state index contributed by atoms with van der Waals surface area (Å²) in [7, 11) is 0. The lowest BCUT2D eigenvalue weighted by molar-refractivity contribution is 0.634. The maximum atomic E-state index is 6.30. The molecule has 0 spiro atoms. The first-order valence-electron chi connectivity index (χ1n) is 6.23. The molecule has 0 fully saturated rings. The van der Waals surface area contributed by atoms with Gasteiger partial charge < -0.3 is 5.73 Å². The molecule has 0 aliphatic rings. The van der Waals surface area contributed by atoms with Crippen LogP contribution in [0.15, 0.2) is 46.0 Å². The molecular weight excluding hydrogens is 258 g/mol. The molecule has 2 aromatic rings. The Balaban J connectivity index is 2.25. The van der Waals surface area contributed by atoms with Crippen LogP contribution in [0.25, 0.3) is 0 Å². The van der Waals surface area contributed by atoms with Gasteiger partial charge in [0.1, 0.15) is 0 Å². The van der Waals surface area contributed by atoms with Crippen LogP contribution in [0.3, 0.4) is 0 Å². The fourth-order valence-electron chi connectivity index (χ4n) is 1.92. The first kappa shape index (κ1) is 13.7. The Morgan fingerprint density at radius 1 is 1.28 bits per heavy atom. The number of hydrogen-bond acceptors (Lipinski definition) is 3. The standard InChI is InChI=1S/C15H19NS2/c1-3-13(16)15(18-14-8-5-9-17-14)12-7-4-6-11(2)10-12/h4-10,13,15H,3,16H2,1-2H3. The molecule has 2 unspecified atom stereocenters. The highest BCUT2D eigenvalue weighted by Gasteiger charge is 2.20. The Labute approximate surface area is 117 Å². The topological polar surface area (TPSA) is 26.0 Å². The van der Waals surface area contributed by atoms with E-state index in [0.717, 1.165) is 6.42 Å². The highest BCUT2D eigenvalue weighted by molar-refractivity contribution is 8.01. The minimum atomic E-state index is 0.193. The summed E-state index contributed by atoms with van der Waals surface area (Å²) in [5, 5.41) is 2.46. The zero-order valence-corrected chi connectivity index (χ0v) is 12.4. The molecule has 0 bridgehead atoms. The number of thioether (sulfide) groups is 1. The van der Waals surface area contributed by atoms with E-state index < -0.39 is 0 Å². The van der Waals surface area contributed by atoms with Crippen LogP contribution in [0.1, 0.15) is 29.7 Å². The van der Waals surface area contributed by atoms with Gasteiger partial charge in [-0.15, -0.1) is 23.1 Å².